The van der Waals surface area contributed by atoms with Gasteiger partial charge in [0.15, 0.2) is 5.82 Å². The summed E-state index contributed by atoms with van der Waals surface area (Å²) >= 11 is 3.68. The van der Waals surface area contributed by atoms with E-state index in [9.17, 15) is 0 Å². The summed E-state index contributed by atoms with van der Waals surface area (Å²) in [7, 11) is 0. The molecule has 1 aliphatic rings. The molecule has 1 aromatic carbocycles. The number of rotatable bonds is 4. The molecule has 0 amide bonds. The molecule has 21 heavy (non-hydrogen) atoms. The number of aromatic nitrogens is 2. The molecule has 2 aromatic rings. The monoisotopic (exact) mass is 345 g/mol. The summed E-state index contributed by atoms with van der Waals surface area (Å²) in [6, 6.07) is 6.31. The molecule has 0 radical (unpaired) electrons. The molecule has 1 N–H and O–H groups in total. The van der Waals surface area contributed by atoms with Gasteiger partial charge < -0.3 is 5.32 Å². The SMILES string of the molecule is CCNc1nc(-c2cccc(C)c2C)nc(C2CC2)c1Br. The molecule has 110 valence electrons. The molecule has 1 aliphatic carbocycles. The average Bonchev–Trinajstić information content (AvgIpc) is 3.29. The van der Waals surface area contributed by atoms with E-state index in [1.54, 1.807) is 0 Å². The van der Waals surface area contributed by atoms with E-state index in [1.807, 2.05) is 0 Å². The average molecular weight is 346 g/mol. The van der Waals surface area contributed by atoms with Gasteiger partial charge in [-0.05, 0) is 60.7 Å². The maximum atomic E-state index is 4.85. The predicted molar refractivity (Wildman–Crippen MR) is 90.8 cm³/mol. The zero-order valence-corrected chi connectivity index (χ0v) is 14.3. The Morgan fingerprint density at radius 3 is 2.67 bits per heavy atom. The maximum absolute atomic E-state index is 4.85. The van der Waals surface area contributed by atoms with Crippen molar-refractivity contribution in [2.24, 2.45) is 0 Å². The lowest BCUT2D eigenvalue weighted by Gasteiger charge is -2.14. The van der Waals surface area contributed by atoms with Crippen LogP contribution in [0.4, 0.5) is 5.82 Å². The number of halogens is 1. The van der Waals surface area contributed by atoms with E-state index in [2.05, 4.69) is 60.2 Å². The number of nitrogens with zero attached hydrogens (tertiary/aromatic N) is 2. The highest BCUT2D eigenvalue weighted by molar-refractivity contribution is 9.10. The molecule has 0 aliphatic heterocycles. The van der Waals surface area contributed by atoms with E-state index in [4.69, 9.17) is 9.97 Å². The fourth-order valence-corrected chi connectivity index (χ4v) is 3.13. The highest BCUT2D eigenvalue weighted by Gasteiger charge is 2.29. The summed E-state index contributed by atoms with van der Waals surface area (Å²) in [4.78, 5) is 9.59. The molecule has 0 bridgehead atoms. The number of benzene rings is 1. The minimum absolute atomic E-state index is 0.587. The van der Waals surface area contributed by atoms with Crippen molar-refractivity contribution in [1.82, 2.24) is 9.97 Å². The van der Waals surface area contributed by atoms with E-state index in [-0.39, 0.29) is 0 Å². The number of aryl methyl sites for hydroxylation is 1. The quantitative estimate of drug-likeness (QED) is 0.861. The van der Waals surface area contributed by atoms with Crippen LogP contribution in [0.25, 0.3) is 11.4 Å². The smallest absolute Gasteiger partial charge is 0.162 e. The fourth-order valence-electron chi connectivity index (χ4n) is 2.49. The lowest BCUT2D eigenvalue weighted by molar-refractivity contribution is 0.972. The third kappa shape index (κ3) is 2.82. The molecule has 4 heteroatoms. The molecule has 1 aromatic heterocycles. The largest absolute Gasteiger partial charge is 0.369 e. The second-order valence-corrected chi connectivity index (χ2v) is 6.44. The normalized spacial score (nSPS) is 14.3. The van der Waals surface area contributed by atoms with Crippen LogP contribution in [0.3, 0.4) is 0 Å². The van der Waals surface area contributed by atoms with Crippen molar-refractivity contribution < 1.29 is 0 Å². The maximum Gasteiger partial charge on any atom is 0.162 e. The van der Waals surface area contributed by atoms with Crippen molar-refractivity contribution in [3.05, 3.63) is 39.5 Å². The van der Waals surface area contributed by atoms with Gasteiger partial charge in [-0.3, -0.25) is 0 Å². The Morgan fingerprint density at radius 1 is 1.24 bits per heavy atom. The highest BCUT2D eigenvalue weighted by Crippen LogP contribution is 2.44. The van der Waals surface area contributed by atoms with Crippen LogP contribution in [0.2, 0.25) is 0 Å². The summed E-state index contributed by atoms with van der Waals surface area (Å²) < 4.78 is 1.03. The molecule has 3 nitrogen and oxygen atoms in total. The van der Waals surface area contributed by atoms with Gasteiger partial charge in [0.2, 0.25) is 0 Å². The fraction of sp³-hybridized carbons (Fsp3) is 0.412. The summed E-state index contributed by atoms with van der Waals surface area (Å²) in [5.74, 6) is 2.33. The van der Waals surface area contributed by atoms with Crippen LogP contribution in [0.15, 0.2) is 22.7 Å². The van der Waals surface area contributed by atoms with Crippen molar-refractivity contribution in [2.45, 2.75) is 39.5 Å². The lowest BCUT2D eigenvalue weighted by atomic mass is 10.0. The predicted octanol–water partition coefficient (Wildman–Crippen LogP) is 4.83. The number of hydrogen-bond acceptors (Lipinski definition) is 3. The standard InChI is InChI=1S/C17H20BrN3/c1-4-19-17-14(18)15(12-8-9-12)20-16(21-17)13-7-5-6-10(2)11(13)3/h5-7,12H,4,8-9H2,1-3H3,(H,19,20,21). The highest BCUT2D eigenvalue weighted by atomic mass is 79.9. The minimum atomic E-state index is 0.587. The second-order valence-electron chi connectivity index (χ2n) is 5.65. The van der Waals surface area contributed by atoms with Gasteiger partial charge in [0.1, 0.15) is 5.82 Å². The van der Waals surface area contributed by atoms with Gasteiger partial charge >= 0.3 is 0 Å². The first-order valence-electron chi connectivity index (χ1n) is 7.49. The van der Waals surface area contributed by atoms with Gasteiger partial charge in [0, 0.05) is 18.0 Å². The first-order valence-corrected chi connectivity index (χ1v) is 8.29. The topological polar surface area (TPSA) is 37.8 Å². The first kappa shape index (κ1) is 14.5. The van der Waals surface area contributed by atoms with Gasteiger partial charge in [-0.15, -0.1) is 0 Å². The zero-order valence-electron chi connectivity index (χ0n) is 12.7. The van der Waals surface area contributed by atoms with E-state index >= 15 is 0 Å². The van der Waals surface area contributed by atoms with E-state index in [0.717, 1.165) is 33.9 Å². The Bertz CT molecular complexity index is 678. The number of nitrogens with one attached hydrogen (secondary N) is 1. The lowest BCUT2D eigenvalue weighted by Crippen LogP contribution is -2.06. The van der Waals surface area contributed by atoms with Crippen molar-refractivity contribution in [3.8, 4) is 11.4 Å². The second kappa shape index (κ2) is 5.76. The summed E-state index contributed by atoms with van der Waals surface area (Å²) in [5.41, 5.74) is 4.81. The van der Waals surface area contributed by atoms with Crippen LogP contribution in [0.1, 0.15) is 42.5 Å². The molecule has 0 spiro atoms. The molecule has 0 unspecified atom stereocenters. The van der Waals surface area contributed by atoms with E-state index < -0.39 is 0 Å². The van der Waals surface area contributed by atoms with E-state index in [0.29, 0.717) is 5.92 Å². The Morgan fingerprint density at radius 2 is 2.00 bits per heavy atom. The van der Waals surface area contributed by atoms with Crippen LogP contribution >= 0.6 is 15.9 Å². The summed E-state index contributed by atoms with van der Waals surface area (Å²) in [6.07, 6.45) is 2.46. The first-order chi connectivity index (χ1) is 10.1. The molecule has 1 heterocycles. The van der Waals surface area contributed by atoms with E-state index in [1.165, 1.54) is 24.0 Å². The summed E-state index contributed by atoms with van der Waals surface area (Å²) in [5, 5.41) is 3.35. The molecule has 0 atom stereocenters. The zero-order chi connectivity index (χ0) is 15.0. The molecule has 1 saturated carbocycles. The van der Waals surface area contributed by atoms with Crippen LogP contribution in [-0.2, 0) is 0 Å². The van der Waals surface area contributed by atoms with Crippen molar-refractivity contribution in [2.75, 3.05) is 11.9 Å². The van der Waals surface area contributed by atoms with Gasteiger partial charge in [-0.25, -0.2) is 9.97 Å². The summed E-state index contributed by atoms with van der Waals surface area (Å²) in [6.45, 7) is 7.21. The van der Waals surface area contributed by atoms with Crippen LogP contribution in [0, 0.1) is 13.8 Å². The molecular weight excluding hydrogens is 326 g/mol. The van der Waals surface area contributed by atoms with Crippen LogP contribution < -0.4 is 5.32 Å². The Labute approximate surface area is 134 Å². The molecular formula is C17H20BrN3. The van der Waals surface area contributed by atoms with Gasteiger partial charge in [-0.1, -0.05) is 18.2 Å². The Kier molecular flexibility index (Phi) is 3.98. The minimum Gasteiger partial charge on any atom is -0.369 e. The van der Waals surface area contributed by atoms with Crippen LogP contribution in [-0.4, -0.2) is 16.5 Å². The third-order valence-electron chi connectivity index (χ3n) is 4.03. The number of hydrogen-bond donors (Lipinski definition) is 1. The van der Waals surface area contributed by atoms with Gasteiger partial charge in [-0.2, -0.15) is 0 Å². The molecule has 1 fully saturated rings. The molecule has 3 rings (SSSR count). The van der Waals surface area contributed by atoms with Crippen molar-refractivity contribution in [1.29, 1.82) is 0 Å². The Balaban J connectivity index is 2.15. The van der Waals surface area contributed by atoms with Gasteiger partial charge in [0.05, 0.1) is 10.2 Å². The molecule has 0 saturated heterocycles. The van der Waals surface area contributed by atoms with Crippen molar-refractivity contribution in [3.63, 3.8) is 0 Å². The van der Waals surface area contributed by atoms with Crippen LogP contribution in [0.5, 0.6) is 0 Å². The van der Waals surface area contributed by atoms with Crippen molar-refractivity contribution >= 4 is 21.7 Å². The third-order valence-corrected chi connectivity index (χ3v) is 4.81. The number of anilines is 1. The van der Waals surface area contributed by atoms with Gasteiger partial charge in [0.25, 0.3) is 0 Å². The Hall–Kier alpha value is -1.42.